The van der Waals surface area contributed by atoms with Gasteiger partial charge in [-0.1, -0.05) is 42.7 Å². The molecule has 0 amide bonds. The summed E-state index contributed by atoms with van der Waals surface area (Å²) in [5.41, 5.74) is 2.49. The summed E-state index contributed by atoms with van der Waals surface area (Å²) in [4.78, 5) is 14.5. The van der Waals surface area contributed by atoms with Gasteiger partial charge in [-0.25, -0.2) is 0 Å². The monoisotopic (exact) mass is 289 g/mol. The lowest BCUT2D eigenvalue weighted by atomic mass is 9.99. The minimum absolute atomic E-state index is 0.0896. The number of rotatable bonds is 5. The van der Waals surface area contributed by atoms with Crippen LogP contribution in [0.25, 0.3) is 0 Å². The van der Waals surface area contributed by atoms with Crippen molar-refractivity contribution in [3.05, 3.63) is 35.4 Å². The molecule has 0 radical (unpaired) electrons. The summed E-state index contributed by atoms with van der Waals surface area (Å²) in [6, 6.07) is 8.69. The number of hydrogen-bond donors (Lipinski definition) is 0. The Kier molecular flexibility index (Phi) is 6.24. The van der Waals surface area contributed by atoms with Crippen molar-refractivity contribution in [3.63, 3.8) is 0 Å². The van der Waals surface area contributed by atoms with Crippen LogP contribution < -0.4 is 0 Å². The summed E-state index contributed by atoms with van der Waals surface area (Å²) < 4.78 is 5.18. The molecule has 0 aliphatic carbocycles. The molecule has 0 bridgehead atoms. The van der Waals surface area contributed by atoms with Gasteiger partial charge in [-0.05, 0) is 45.3 Å². The molecule has 3 nitrogen and oxygen atoms in total. The summed E-state index contributed by atoms with van der Waals surface area (Å²) in [7, 11) is 0. The first-order valence-electron chi connectivity index (χ1n) is 8.17. The quantitative estimate of drug-likeness (QED) is 0.771. The van der Waals surface area contributed by atoms with E-state index in [-0.39, 0.29) is 12.0 Å². The number of ether oxygens (including phenoxy) is 1. The van der Waals surface area contributed by atoms with Gasteiger partial charge in [0.25, 0.3) is 0 Å². The van der Waals surface area contributed by atoms with Crippen LogP contribution in [0.4, 0.5) is 0 Å². The van der Waals surface area contributed by atoms with E-state index in [0.717, 1.165) is 13.1 Å². The zero-order valence-electron chi connectivity index (χ0n) is 13.3. The van der Waals surface area contributed by atoms with Crippen molar-refractivity contribution < 1.29 is 9.53 Å². The van der Waals surface area contributed by atoms with Crippen LogP contribution in [-0.2, 0) is 9.53 Å². The molecule has 3 heteroatoms. The van der Waals surface area contributed by atoms with Crippen LogP contribution in [-0.4, -0.2) is 30.6 Å². The van der Waals surface area contributed by atoms with Crippen LogP contribution in [0.15, 0.2) is 24.3 Å². The minimum Gasteiger partial charge on any atom is -0.466 e. The van der Waals surface area contributed by atoms with Crippen molar-refractivity contribution in [3.8, 4) is 0 Å². The van der Waals surface area contributed by atoms with E-state index in [1.807, 2.05) is 6.92 Å². The molecular formula is C18H27NO2. The highest BCUT2D eigenvalue weighted by Gasteiger charge is 2.24. The van der Waals surface area contributed by atoms with Gasteiger partial charge in [0.1, 0.15) is 0 Å². The Hall–Kier alpha value is -1.35. The first-order valence-corrected chi connectivity index (χ1v) is 8.17. The maximum atomic E-state index is 12.0. The molecule has 1 aromatic rings. The Morgan fingerprint density at radius 3 is 2.57 bits per heavy atom. The number of aryl methyl sites for hydroxylation is 1. The molecule has 0 N–H and O–H groups in total. The average Bonchev–Trinajstić information content (AvgIpc) is 2.74. The second-order valence-corrected chi connectivity index (χ2v) is 5.89. The van der Waals surface area contributed by atoms with Gasteiger partial charge in [0.15, 0.2) is 0 Å². The summed E-state index contributed by atoms with van der Waals surface area (Å²) in [5, 5.41) is 0. The summed E-state index contributed by atoms with van der Waals surface area (Å²) >= 11 is 0. The zero-order chi connectivity index (χ0) is 15.1. The van der Waals surface area contributed by atoms with E-state index < -0.39 is 0 Å². The highest BCUT2D eigenvalue weighted by atomic mass is 16.5. The topological polar surface area (TPSA) is 29.5 Å². The van der Waals surface area contributed by atoms with Crippen molar-refractivity contribution in [2.45, 2.75) is 52.0 Å². The summed E-state index contributed by atoms with van der Waals surface area (Å²) in [6.07, 6.45) is 5.51. The molecule has 2 rings (SSSR count). The van der Waals surface area contributed by atoms with Gasteiger partial charge in [0.2, 0.25) is 0 Å². The normalized spacial score (nSPS) is 18.0. The van der Waals surface area contributed by atoms with E-state index in [1.54, 1.807) is 0 Å². The molecule has 1 heterocycles. The van der Waals surface area contributed by atoms with Gasteiger partial charge in [-0.2, -0.15) is 0 Å². The molecule has 21 heavy (non-hydrogen) atoms. The molecule has 1 saturated heterocycles. The molecule has 1 aliphatic heterocycles. The molecule has 1 aromatic carbocycles. The Morgan fingerprint density at radius 1 is 1.24 bits per heavy atom. The smallest absolute Gasteiger partial charge is 0.307 e. The molecule has 0 saturated carbocycles. The van der Waals surface area contributed by atoms with Crippen molar-refractivity contribution >= 4 is 5.97 Å². The lowest BCUT2D eigenvalue weighted by Gasteiger charge is -2.30. The van der Waals surface area contributed by atoms with Crippen molar-refractivity contribution in [2.75, 3.05) is 19.7 Å². The Labute approximate surface area is 128 Å². The number of benzene rings is 1. The number of likely N-dealkylation sites (tertiary alicyclic amines) is 1. The van der Waals surface area contributed by atoms with E-state index >= 15 is 0 Å². The fourth-order valence-electron chi connectivity index (χ4n) is 3.12. The van der Waals surface area contributed by atoms with Crippen LogP contribution in [0, 0.1) is 6.92 Å². The second-order valence-electron chi connectivity index (χ2n) is 5.89. The lowest BCUT2D eigenvalue weighted by molar-refractivity contribution is -0.144. The number of carbonyl (C=O) groups is 1. The van der Waals surface area contributed by atoms with Crippen LogP contribution >= 0.6 is 0 Å². The molecule has 116 valence electrons. The average molecular weight is 289 g/mol. The summed E-state index contributed by atoms with van der Waals surface area (Å²) in [5.74, 6) is -0.0896. The lowest BCUT2D eigenvalue weighted by Crippen LogP contribution is -2.32. The molecule has 1 aliphatic rings. The third-order valence-electron chi connectivity index (χ3n) is 4.17. The highest BCUT2D eigenvalue weighted by Crippen LogP contribution is 2.28. The Morgan fingerprint density at radius 2 is 1.95 bits per heavy atom. The maximum absolute atomic E-state index is 12.0. The third-order valence-corrected chi connectivity index (χ3v) is 4.17. The zero-order valence-corrected chi connectivity index (χ0v) is 13.3. The fourth-order valence-corrected chi connectivity index (χ4v) is 3.12. The van der Waals surface area contributed by atoms with Gasteiger partial charge in [0, 0.05) is 6.04 Å². The number of hydrogen-bond acceptors (Lipinski definition) is 3. The highest BCUT2D eigenvalue weighted by molar-refractivity contribution is 5.70. The second kappa shape index (κ2) is 8.18. The molecule has 0 aromatic heterocycles. The molecule has 1 fully saturated rings. The minimum atomic E-state index is -0.0896. The number of carbonyl (C=O) groups excluding carboxylic acids is 1. The number of nitrogens with zero attached hydrogens (tertiary/aromatic N) is 1. The maximum Gasteiger partial charge on any atom is 0.307 e. The van der Waals surface area contributed by atoms with Crippen molar-refractivity contribution in [1.82, 2.24) is 4.90 Å². The van der Waals surface area contributed by atoms with Crippen LogP contribution in [0.5, 0.6) is 0 Å². The predicted octanol–water partition coefficient (Wildman–Crippen LogP) is 3.87. The van der Waals surface area contributed by atoms with E-state index in [9.17, 15) is 4.79 Å². The predicted molar refractivity (Wildman–Crippen MR) is 85.2 cm³/mol. The number of esters is 1. The molecule has 0 spiro atoms. The molecule has 1 unspecified atom stereocenters. The SMILES string of the molecule is CCOC(=O)CC(c1cccc(C)c1)N1CCCCCC1. The van der Waals surface area contributed by atoms with E-state index in [4.69, 9.17) is 4.74 Å². The van der Waals surface area contributed by atoms with E-state index in [0.29, 0.717) is 13.0 Å². The molecular weight excluding hydrogens is 262 g/mol. The van der Waals surface area contributed by atoms with Crippen LogP contribution in [0.2, 0.25) is 0 Å². The van der Waals surface area contributed by atoms with Gasteiger partial charge < -0.3 is 4.74 Å². The van der Waals surface area contributed by atoms with Crippen molar-refractivity contribution in [2.24, 2.45) is 0 Å². The summed E-state index contributed by atoms with van der Waals surface area (Å²) in [6.45, 7) is 6.59. The fraction of sp³-hybridized carbons (Fsp3) is 0.611. The third kappa shape index (κ3) is 4.85. The molecule has 1 atom stereocenters. The van der Waals surface area contributed by atoms with Crippen molar-refractivity contribution in [1.29, 1.82) is 0 Å². The van der Waals surface area contributed by atoms with Gasteiger partial charge in [0.05, 0.1) is 13.0 Å². The first kappa shape index (κ1) is 16.0. The van der Waals surface area contributed by atoms with Crippen LogP contribution in [0.3, 0.4) is 0 Å². The van der Waals surface area contributed by atoms with Gasteiger partial charge in [-0.15, -0.1) is 0 Å². The standard InChI is InChI=1S/C18H27NO2/c1-3-21-18(20)14-17(16-10-8-9-15(2)13-16)19-11-6-4-5-7-12-19/h8-10,13,17H,3-7,11-12,14H2,1-2H3. The largest absolute Gasteiger partial charge is 0.466 e. The first-order chi connectivity index (χ1) is 10.2. The van der Waals surface area contributed by atoms with Gasteiger partial charge >= 0.3 is 5.97 Å². The Bertz CT molecular complexity index is 450. The van der Waals surface area contributed by atoms with Gasteiger partial charge in [-0.3, -0.25) is 9.69 Å². The Balaban J connectivity index is 2.18. The van der Waals surface area contributed by atoms with E-state index in [1.165, 1.54) is 36.8 Å². The van der Waals surface area contributed by atoms with E-state index in [2.05, 4.69) is 36.1 Å². The van der Waals surface area contributed by atoms with Crippen LogP contribution in [0.1, 0.15) is 56.2 Å².